The molecule has 1 fully saturated rings. The molecular formula is C21H21ClF3N3O2. The van der Waals surface area contributed by atoms with Gasteiger partial charge in [-0.15, -0.1) is 0 Å². The second-order valence-corrected chi connectivity index (χ2v) is 7.77. The van der Waals surface area contributed by atoms with Crippen LogP contribution in [0.3, 0.4) is 0 Å². The zero-order valence-corrected chi connectivity index (χ0v) is 16.8. The molecule has 1 heterocycles. The first-order valence-electron chi connectivity index (χ1n) is 9.59. The van der Waals surface area contributed by atoms with Crippen molar-refractivity contribution in [1.29, 1.82) is 0 Å². The zero-order chi connectivity index (χ0) is 21.7. The zero-order valence-electron chi connectivity index (χ0n) is 16.0. The van der Waals surface area contributed by atoms with E-state index in [2.05, 4.69) is 15.6 Å². The van der Waals surface area contributed by atoms with E-state index >= 15 is 0 Å². The standard InChI is InChI=1S/C21H21ClF3N3O2/c22-18-7-4-15(21(23,24)25)9-17(18)20(30)28-16-5-1-13(2-6-16)10-26-19-8-3-14(12-29)11-27-19/h3-4,7-9,11-13,16H,1-2,5-6,10H2,(H,26,27)(H,28,30)/t13-,16-. The number of aldehydes is 1. The predicted octanol–water partition coefficient (Wildman–Crippen LogP) is 4.97. The number of nitrogens with one attached hydrogen (secondary N) is 2. The summed E-state index contributed by atoms with van der Waals surface area (Å²) in [6.07, 6.45) is 0.881. The Hall–Kier alpha value is -2.61. The molecule has 0 unspecified atom stereocenters. The first-order valence-corrected chi connectivity index (χ1v) is 9.97. The molecule has 1 aromatic carbocycles. The highest BCUT2D eigenvalue weighted by Crippen LogP contribution is 2.32. The van der Waals surface area contributed by atoms with E-state index in [0.29, 0.717) is 23.8 Å². The molecule has 0 atom stereocenters. The lowest BCUT2D eigenvalue weighted by molar-refractivity contribution is -0.137. The molecule has 2 aromatic rings. The summed E-state index contributed by atoms with van der Waals surface area (Å²) < 4.78 is 38.7. The number of carbonyl (C=O) groups excluding carboxylic acids is 2. The van der Waals surface area contributed by atoms with Crippen LogP contribution in [0.5, 0.6) is 0 Å². The Morgan fingerprint density at radius 2 is 1.90 bits per heavy atom. The third kappa shape index (κ3) is 5.72. The molecule has 160 valence electrons. The highest BCUT2D eigenvalue weighted by atomic mass is 35.5. The number of carbonyl (C=O) groups is 2. The Kier molecular flexibility index (Phi) is 6.97. The topological polar surface area (TPSA) is 71.1 Å². The largest absolute Gasteiger partial charge is 0.416 e. The van der Waals surface area contributed by atoms with Crippen molar-refractivity contribution in [2.75, 3.05) is 11.9 Å². The number of pyridine rings is 1. The van der Waals surface area contributed by atoms with E-state index in [1.165, 1.54) is 6.20 Å². The van der Waals surface area contributed by atoms with Crippen LogP contribution in [0.15, 0.2) is 36.5 Å². The Morgan fingerprint density at radius 1 is 1.17 bits per heavy atom. The van der Waals surface area contributed by atoms with Gasteiger partial charge >= 0.3 is 6.18 Å². The van der Waals surface area contributed by atoms with Crippen LogP contribution in [-0.4, -0.2) is 29.8 Å². The molecule has 1 saturated carbocycles. The summed E-state index contributed by atoms with van der Waals surface area (Å²) >= 11 is 5.94. The Balaban J connectivity index is 1.49. The molecule has 30 heavy (non-hydrogen) atoms. The molecular weight excluding hydrogens is 419 g/mol. The van der Waals surface area contributed by atoms with Crippen LogP contribution < -0.4 is 10.6 Å². The van der Waals surface area contributed by atoms with Crippen LogP contribution in [0, 0.1) is 5.92 Å². The van der Waals surface area contributed by atoms with Crippen molar-refractivity contribution in [1.82, 2.24) is 10.3 Å². The van der Waals surface area contributed by atoms with Crippen molar-refractivity contribution >= 4 is 29.6 Å². The summed E-state index contributed by atoms with van der Waals surface area (Å²) in [6.45, 7) is 0.716. The number of nitrogens with zero attached hydrogens (tertiary/aromatic N) is 1. The van der Waals surface area contributed by atoms with Crippen LogP contribution in [0.4, 0.5) is 19.0 Å². The molecule has 0 radical (unpaired) electrons. The second-order valence-electron chi connectivity index (χ2n) is 7.36. The fourth-order valence-corrected chi connectivity index (χ4v) is 3.68. The quantitative estimate of drug-likeness (QED) is 0.623. The number of rotatable bonds is 6. The summed E-state index contributed by atoms with van der Waals surface area (Å²) in [5, 5.41) is 6.03. The highest BCUT2D eigenvalue weighted by Gasteiger charge is 2.32. The molecule has 0 aliphatic heterocycles. The van der Waals surface area contributed by atoms with Gasteiger partial charge in [-0.25, -0.2) is 4.98 Å². The van der Waals surface area contributed by atoms with E-state index in [-0.39, 0.29) is 16.6 Å². The molecule has 3 rings (SSSR count). The maximum Gasteiger partial charge on any atom is 0.416 e. The van der Waals surface area contributed by atoms with E-state index in [0.717, 1.165) is 50.2 Å². The number of halogens is 4. The fraction of sp³-hybridized carbons (Fsp3) is 0.381. The summed E-state index contributed by atoms with van der Waals surface area (Å²) in [4.78, 5) is 27.3. The fourth-order valence-electron chi connectivity index (χ4n) is 3.48. The Morgan fingerprint density at radius 3 is 2.50 bits per heavy atom. The van der Waals surface area contributed by atoms with E-state index in [1.54, 1.807) is 12.1 Å². The van der Waals surface area contributed by atoms with Gasteiger partial charge in [0.1, 0.15) is 5.82 Å². The Bertz CT molecular complexity index is 895. The van der Waals surface area contributed by atoms with Crippen molar-refractivity contribution in [3.05, 3.63) is 58.2 Å². The van der Waals surface area contributed by atoms with Gasteiger partial charge in [0.15, 0.2) is 6.29 Å². The summed E-state index contributed by atoms with van der Waals surface area (Å²) in [5.41, 5.74) is -0.556. The van der Waals surface area contributed by atoms with Crippen molar-refractivity contribution in [3.8, 4) is 0 Å². The smallest absolute Gasteiger partial charge is 0.370 e. The molecule has 1 aliphatic carbocycles. The summed E-state index contributed by atoms with van der Waals surface area (Å²) in [5.74, 6) is 0.491. The minimum Gasteiger partial charge on any atom is -0.370 e. The third-order valence-electron chi connectivity index (χ3n) is 5.21. The van der Waals surface area contributed by atoms with Crippen molar-refractivity contribution in [2.24, 2.45) is 5.92 Å². The Labute approximate surface area is 177 Å². The number of anilines is 1. The van der Waals surface area contributed by atoms with Crippen molar-refractivity contribution in [3.63, 3.8) is 0 Å². The van der Waals surface area contributed by atoms with Crippen LogP contribution in [0.25, 0.3) is 0 Å². The number of hydrogen-bond acceptors (Lipinski definition) is 4. The van der Waals surface area contributed by atoms with Crippen molar-refractivity contribution < 1.29 is 22.8 Å². The molecule has 9 heteroatoms. The monoisotopic (exact) mass is 439 g/mol. The van der Waals surface area contributed by atoms with Gasteiger partial charge < -0.3 is 10.6 Å². The highest BCUT2D eigenvalue weighted by molar-refractivity contribution is 6.33. The first kappa shape index (κ1) is 22.1. The average Bonchev–Trinajstić information content (AvgIpc) is 2.73. The lowest BCUT2D eigenvalue weighted by Crippen LogP contribution is -2.38. The minimum atomic E-state index is -4.53. The van der Waals surface area contributed by atoms with E-state index in [9.17, 15) is 22.8 Å². The molecule has 1 aromatic heterocycles. The molecule has 2 N–H and O–H groups in total. The molecule has 1 amide bonds. The number of alkyl halides is 3. The van der Waals surface area contributed by atoms with Crippen molar-refractivity contribution in [2.45, 2.75) is 37.9 Å². The van der Waals surface area contributed by atoms with Gasteiger partial charge in [-0.05, 0) is 61.9 Å². The number of benzene rings is 1. The molecule has 0 saturated heterocycles. The summed E-state index contributed by atoms with van der Waals surface area (Å²) in [6, 6.07) is 6.07. The maximum atomic E-state index is 12.9. The molecule has 0 bridgehead atoms. The lowest BCUT2D eigenvalue weighted by atomic mass is 9.86. The minimum absolute atomic E-state index is 0.00789. The third-order valence-corrected chi connectivity index (χ3v) is 5.54. The molecule has 1 aliphatic rings. The summed E-state index contributed by atoms with van der Waals surface area (Å²) in [7, 11) is 0. The second kappa shape index (κ2) is 9.47. The van der Waals surface area contributed by atoms with Crippen LogP contribution in [0.2, 0.25) is 5.02 Å². The van der Waals surface area contributed by atoms with Crippen LogP contribution >= 0.6 is 11.6 Å². The van der Waals surface area contributed by atoms with Gasteiger partial charge in [-0.3, -0.25) is 9.59 Å². The molecule has 0 spiro atoms. The molecule has 5 nitrogen and oxygen atoms in total. The van der Waals surface area contributed by atoms with Gasteiger partial charge in [0.25, 0.3) is 5.91 Å². The number of aromatic nitrogens is 1. The number of amides is 1. The normalized spacial score (nSPS) is 19.2. The van der Waals surface area contributed by atoms with E-state index in [1.807, 2.05) is 0 Å². The van der Waals surface area contributed by atoms with Gasteiger partial charge in [0.05, 0.1) is 16.1 Å². The SMILES string of the molecule is O=Cc1ccc(NC[C@H]2CC[C@H](NC(=O)c3cc(C(F)(F)F)ccc3Cl)CC2)nc1. The van der Waals surface area contributed by atoms with Gasteiger partial charge in [-0.1, -0.05) is 11.6 Å². The lowest BCUT2D eigenvalue weighted by Gasteiger charge is -2.29. The average molecular weight is 440 g/mol. The predicted molar refractivity (Wildman–Crippen MR) is 108 cm³/mol. The van der Waals surface area contributed by atoms with Gasteiger partial charge in [-0.2, -0.15) is 13.2 Å². The van der Waals surface area contributed by atoms with Gasteiger partial charge in [0.2, 0.25) is 0 Å². The van der Waals surface area contributed by atoms with Crippen LogP contribution in [0.1, 0.15) is 52.0 Å². The maximum absolute atomic E-state index is 12.9. The first-order chi connectivity index (χ1) is 14.3. The number of hydrogen-bond donors (Lipinski definition) is 2. The van der Waals surface area contributed by atoms with E-state index < -0.39 is 17.6 Å². The van der Waals surface area contributed by atoms with E-state index in [4.69, 9.17) is 11.6 Å². The van der Waals surface area contributed by atoms with Crippen LogP contribution in [-0.2, 0) is 6.18 Å². The van der Waals surface area contributed by atoms with Gasteiger partial charge in [0, 0.05) is 24.3 Å².